The fourth-order valence-corrected chi connectivity index (χ4v) is 4.41. The van der Waals surface area contributed by atoms with Crippen molar-refractivity contribution < 1.29 is 18.7 Å². The van der Waals surface area contributed by atoms with E-state index in [2.05, 4.69) is 5.32 Å². The predicted octanol–water partition coefficient (Wildman–Crippen LogP) is 5.73. The Bertz CT molecular complexity index is 1340. The highest BCUT2D eigenvalue weighted by Crippen LogP contribution is 2.31. The van der Waals surface area contributed by atoms with Gasteiger partial charge in [0.05, 0.1) is 7.11 Å². The number of carbonyl (C=O) groups excluding carboxylic acids is 2. The van der Waals surface area contributed by atoms with Crippen LogP contribution in [0, 0.1) is 0 Å². The third kappa shape index (κ3) is 5.33. The molecule has 0 atom stereocenters. The van der Waals surface area contributed by atoms with Crippen LogP contribution in [-0.4, -0.2) is 30.4 Å². The Morgan fingerprint density at radius 1 is 0.972 bits per heavy atom. The Hall–Kier alpha value is -4.32. The van der Waals surface area contributed by atoms with E-state index in [0.29, 0.717) is 37.9 Å². The van der Waals surface area contributed by atoms with Crippen LogP contribution in [0.15, 0.2) is 89.3 Å². The van der Waals surface area contributed by atoms with Crippen LogP contribution in [0.1, 0.15) is 33.7 Å². The number of anilines is 1. The Labute approximate surface area is 210 Å². The molecule has 0 saturated heterocycles. The quantitative estimate of drug-likeness (QED) is 0.367. The zero-order chi connectivity index (χ0) is 24.9. The molecule has 6 heteroatoms. The summed E-state index contributed by atoms with van der Waals surface area (Å²) in [5, 5.41) is 2.96. The minimum atomic E-state index is -0.0123. The first-order chi connectivity index (χ1) is 17.6. The van der Waals surface area contributed by atoms with Crippen molar-refractivity contribution in [1.29, 1.82) is 0 Å². The van der Waals surface area contributed by atoms with Crippen LogP contribution in [0.3, 0.4) is 0 Å². The number of hydrogen-bond acceptors (Lipinski definition) is 4. The molecule has 0 unspecified atom stereocenters. The Morgan fingerprint density at radius 2 is 1.72 bits per heavy atom. The van der Waals surface area contributed by atoms with Crippen molar-refractivity contribution in [3.8, 4) is 17.1 Å². The fraction of sp³-hybridized carbons (Fsp3) is 0.200. The number of aryl methyl sites for hydroxylation is 1. The number of carbonyl (C=O) groups is 2. The molecule has 182 valence electrons. The van der Waals surface area contributed by atoms with Crippen LogP contribution >= 0.6 is 0 Å². The summed E-state index contributed by atoms with van der Waals surface area (Å²) in [5.41, 5.74) is 4.50. The molecule has 1 aliphatic rings. The third-order valence-corrected chi connectivity index (χ3v) is 6.43. The lowest BCUT2D eigenvalue weighted by Gasteiger charge is -2.26. The lowest BCUT2D eigenvalue weighted by molar-refractivity contribution is -0.116. The SMILES string of the molecule is COc1ccc(C(=O)N2CCc3oc(-c4ccc(NC(=O)CCc5ccccc5)cc4)cc3C2)cc1. The second kappa shape index (κ2) is 10.5. The van der Waals surface area contributed by atoms with Gasteiger partial charge in [0.25, 0.3) is 5.91 Å². The fourth-order valence-electron chi connectivity index (χ4n) is 4.41. The molecule has 4 aromatic rings. The molecule has 36 heavy (non-hydrogen) atoms. The van der Waals surface area contributed by atoms with E-state index in [4.69, 9.17) is 9.15 Å². The predicted molar refractivity (Wildman–Crippen MR) is 139 cm³/mol. The second-order valence-corrected chi connectivity index (χ2v) is 8.88. The Balaban J connectivity index is 1.20. The smallest absolute Gasteiger partial charge is 0.254 e. The van der Waals surface area contributed by atoms with E-state index in [1.165, 1.54) is 0 Å². The van der Waals surface area contributed by atoms with E-state index < -0.39 is 0 Å². The first kappa shape index (κ1) is 23.4. The minimum absolute atomic E-state index is 0.00147. The van der Waals surface area contributed by atoms with E-state index in [9.17, 15) is 9.59 Å². The molecule has 5 rings (SSSR count). The van der Waals surface area contributed by atoms with E-state index in [-0.39, 0.29) is 11.8 Å². The van der Waals surface area contributed by atoms with Crippen LogP contribution in [0.5, 0.6) is 5.75 Å². The molecular formula is C30H28N2O4. The highest BCUT2D eigenvalue weighted by molar-refractivity contribution is 5.94. The zero-order valence-corrected chi connectivity index (χ0v) is 20.2. The molecule has 1 aliphatic heterocycles. The van der Waals surface area contributed by atoms with Gasteiger partial charge in [0.2, 0.25) is 5.91 Å². The first-order valence-electron chi connectivity index (χ1n) is 12.1. The molecule has 0 bridgehead atoms. The number of benzene rings is 3. The molecule has 2 heterocycles. The molecule has 2 amide bonds. The average Bonchev–Trinajstić information content (AvgIpc) is 3.36. The number of amides is 2. The summed E-state index contributed by atoms with van der Waals surface area (Å²) >= 11 is 0. The van der Waals surface area contributed by atoms with Gasteiger partial charge in [-0.25, -0.2) is 0 Å². The highest BCUT2D eigenvalue weighted by atomic mass is 16.5. The van der Waals surface area contributed by atoms with Gasteiger partial charge in [-0.1, -0.05) is 30.3 Å². The van der Waals surface area contributed by atoms with Crippen LogP contribution in [-0.2, 0) is 24.2 Å². The monoisotopic (exact) mass is 480 g/mol. The topological polar surface area (TPSA) is 71.8 Å². The molecular weight excluding hydrogens is 452 g/mol. The Morgan fingerprint density at radius 3 is 2.44 bits per heavy atom. The Kier molecular flexibility index (Phi) is 6.85. The lowest BCUT2D eigenvalue weighted by Crippen LogP contribution is -2.35. The maximum atomic E-state index is 13.0. The molecule has 1 N–H and O–H groups in total. The first-order valence-corrected chi connectivity index (χ1v) is 12.1. The van der Waals surface area contributed by atoms with Crippen molar-refractivity contribution in [2.75, 3.05) is 19.0 Å². The number of methoxy groups -OCH3 is 1. The zero-order valence-electron chi connectivity index (χ0n) is 20.2. The van der Waals surface area contributed by atoms with Gasteiger partial charge in [-0.15, -0.1) is 0 Å². The number of nitrogens with one attached hydrogen (secondary N) is 1. The molecule has 0 spiro atoms. The maximum Gasteiger partial charge on any atom is 0.254 e. The molecule has 3 aromatic carbocycles. The maximum absolute atomic E-state index is 13.0. The van der Waals surface area contributed by atoms with Gasteiger partial charge in [-0.2, -0.15) is 0 Å². The number of hydrogen-bond donors (Lipinski definition) is 1. The van der Waals surface area contributed by atoms with Crippen molar-refractivity contribution in [2.45, 2.75) is 25.8 Å². The summed E-state index contributed by atoms with van der Waals surface area (Å²) in [6.45, 7) is 1.12. The van der Waals surface area contributed by atoms with Crippen LogP contribution in [0.4, 0.5) is 5.69 Å². The molecule has 6 nitrogen and oxygen atoms in total. The number of fused-ring (bicyclic) bond motifs is 1. The summed E-state index contributed by atoms with van der Waals surface area (Å²) < 4.78 is 11.3. The summed E-state index contributed by atoms with van der Waals surface area (Å²) in [7, 11) is 1.61. The van der Waals surface area contributed by atoms with Crippen molar-refractivity contribution >= 4 is 17.5 Å². The number of rotatable bonds is 7. The van der Waals surface area contributed by atoms with Gasteiger partial charge in [0, 0.05) is 48.3 Å². The van der Waals surface area contributed by atoms with Gasteiger partial charge in [0.1, 0.15) is 17.3 Å². The van der Waals surface area contributed by atoms with Crippen LogP contribution < -0.4 is 10.1 Å². The van der Waals surface area contributed by atoms with Gasteiger partial charge in [-0.05, 0) is 66.6 Å². The molecule has 0 radical (unpaired) electrons. The molecule has 0 fully saturated rings. The van der Waals surface area contributed by atoms with Gasteiger partial charge < -0.3 is 19.4 Å². The summed E-state index contributed by atoms with van der Waals surface area (Å²) in [6.07, 6.45) is 1.82. The summed E-state index contributed by atoms with van der Waals surface area (Å²) in [5.74, 6) is 2.40. The van der Waals surface area contributed by atoms with Crippen molar-refractivity contribution in [1.82, 2.24) is 4.90 Å². The average molecular weight is 481 g/mol. The third-order valence-electron chi connectivity index (χ3n) is 6.43. The van der Waals surface area contributed by atoms with Crippen LogP contribution in [0.25, 0.3) is 11.3 Å². The van der Waals surface area contributed by atoms with Gasteiger partial charge in [0.15, 0.2) is 0 Å². The minimum Gasteiger partial charge on any atom is -0.497 e. The number of nitrogens with zero attached hydrogens (tertiary/aromatic N) is 1. The molecule has 0 aliphatic carbocycles. The normalized spacial score (nSPS) is 12.6. The summed E-state index contributed by atoms with van der Waals surface area (Å²) in [4.78, 5) is 27.1. The number of ether oxygens (including phenoxy) is 1. The van der Waals surface area contributed by atoms with Gasteiger partial charge in [-0.3, -0.25) is 9.59 Å². The lowest BCUT2D eigenvalue weighted by atomic mass is 10.1. The summed E-state index contributed by atoms with van der Waals surface area (Å²) in [6, 6.07) is 26.8. The molecule has 1 aromatic heterocycles. The standard InChI is InChI=1S/C30H28N2O4/c1-35-26-14-10-23(11-15-26)30(34)32-18-17-27-24(20-32)19-28(36-27)22-8-12-25(13-9-22)31-29(33)16-7-21-5-3-2-4-6-21/h2-6,8-15,19H,7,16-18,20H2,1H3,(H,31,33). The van der Waals surface area contributed by atoms with E-state index >= 15 is 0 Å². The van der Waals surface area contributed by atoms with Gasteiger partial charge >= 0.3 is 0 Å². The second-order valence-electron chi connectivity index (χ2n) is 8.88. The van der Waals surface area contributed by atoms with E-state index in [1.807, 2.05) is 65.6 Å². The van der Waals surface area contributed by atoms with E-state index in [1.54, 1.807) is 31.4 Å². The number of furan rings is 1. The molecule has 0 saturated carbocycles. The highest BCUT2D eigenvalue weighted by Gasteiger charge is 2.25. The van der Waals surface area contributed by atoms with Crippen LogP contribution in [0.2, 0.25) is 0 Å². The van der Waals surface area contributed by atoms with Crippen molar-refractivity contribution in [3.63, 3.8) is 0 Å². The van der Waals surface area contributed by atoms with E-state index in [0.717, 1.165) is 39.6 Å². The van der Waals surface area contributed by atoms with Crippen molar-refractivity contribution in [2.24, 2.45) is 0 Å². The van der Waals surface area contributed by atoms with Crippen molar-refractivity contribution in [3.05, 3.63) is 107 Å². The largest absolute Gasteiger partial charge is 0.497 e.